The Hall–Kier alpha value is -3.17. The van der Waals surface area contributed by atoms with Crippen molar-refractivity contribution in [3.05, 3.63) is 72.6 Å². The van der Waals surface area contributed by atoms with Crippen molar-refractivity contribution in [2.75, 3.05) is 18.9 Å². The van der Waals surface area contributed by atoms with Crippen LogP contribution in [-0.4, -0.2) is 48.2 Å². The van der Waals surface area contributed by atoms with E-state index in [1.807, 2.05) is 56.4 Å². The molecule has 0 aliphatic heterocycles. The first-order valence-electron chi connectivity index (χ1n) is 10.0. The van der Waals surface area contributed by atoms with E-state index in [4.69, 9.17) is 0 Å². The molecule has 0 fully saturated rings. The molecule has 9 heteroatoms. The fourth-order valence-corrected chi connectivity index (χ4v) is 4.22. The Morgan fingerprint density at radius 2 is 1.74 bits per heavy atom. The van der Waals surface area contributed by atoms with E-state index in [0.29, 0.717) is 18.7 Å². The zero-order valence-corrected chi connectivity index (χ0v) is 18.6. The van der Waals surface area contributed by atoms with Crippen LogP contribution in [0.4, 0.5) is 10.5 Å². The summed E-state index contributed by atoms with van der Waals surface area (Å²) in [5.74, 6) is 0. The molecular weight excluding hydrogens is 414 g/mol. The van der Waals surface area contributed by atoms with Crippen LogP contribution in [0.15, 0.2) is 71.8 Å². The van der Waals surface area contributed by atoms with E-state index in [-0.39, 0.29) is 17.0 Å². The number of hydrogen-bond donors (Lipinski definition) is 2. The van der Waals surface area contributed by atoms with E-state index in [1.165, 1.54) is 16.4 Å². The first-order valence-corrected chi connectivity index (χ1v) is 11.4. The third-order valence-corrected chi connectivity index (χ3v) is 6.90. The molecule has 0 aliphatic rings. The third-order valence-electron chi connectivity index (χ3n) is 4.85. The molecule has 0 aliphatic carbocycles. The van der Waals surface area contributed by atoms with Crippen molar-refractivity contribution in [3.8, 4) is 5.69 Å². The van der Waals surface area contributed by atoms with E-state index in [1.54, 1.807) is 23.9 Å². The number of sulfonamides is 1. The van der Waals surface area contributed by atoms with Gasteiger partial charge in [0.25, 0.3) is 0 Å². The van der Waals surface area contributed by atoms with Crippen molar-refractivity contribution in [1.29, 1.82) is 0 Å². The highest BCUT2D eigenvalue weighted by molar-refractivity contribution is 7.89. The molecule has 2 amide bonds. The van der Waals surface area contributed by atoms with Crippen molar-refractivity contribution < 1.29 is 13.2 Å². The minimum atomic E-state index is -3.55. The number of nitrogens with one attached hydrogen (secondary N) is 2. The lowest BCUT2D eigenvalue weighted by Gasteiger charge is -2.21. The maximum absolute atomic E-state index is 12.5. The largest absolute Gasteiger partial charge is 0.337 e. The van der Waals surface area contributed by atoms with Crippen LogP contribution in [0.3, 0.4) is 0 Å². The first kappa shape index (κ1) is 22.5. The zero-order valence-electron chi connectivity index (χ0n) is 17.8. The van der Waals surface area contributed by atoms with Crippen LogP contribution in [0.2, 0.25) is 0 Å². The average Bonchev–Trinajstić information content (AvgIpc) is 3.23. The number of carbonyl (C=O) groups is 1. The van der Waals surface area contributed by atoms with Gasteiger partial charge < -0.3 is 10.6 Å². The van der Waals surface area contributed by atoms with Crippen LogP contribution in [0.5, 0.6) is 0 Å². The Balaban J connectivity index is 1.50. The van der Waals surface area contributed by atoms with Crippen molar-refractivity contribution in [2.24, 2.45) is 0 Å². The topological polar surface area (TPSA) is 96.3 Å². The number of rotatable bonds is 8. The number of carbonyl (C=O) groups excluding carboxylic acids is 1. The lowest BCUT2D eigenvalue weighted by atomic mass is 10.3. The molecule has 1 aromatic heterocycles. The Bertz CT molecular complexity index is 1110. The quantitative estimate of drug-likeness (QED) is 0.561. The highest BCUT2D eigenvalue weighted by Gasteiger charge is 2.22. The molecule has 0 unspecified atom stereocenters. The fourth-order valence-electron chi connectivity index (χ4n) is 2.85. The molecule has 3 aromatic rings. The summed E-state index contributed by atoms with van der Waals surface area (Å²) in [6, 6.07) is 17.3. The SMILES string of the molecule is CC(C)N(C)S(=O)(=O)c1ccc(NC(=O)NCCc2ccn(-c3ccccc3)n2)cc1. The van der Waals surface area contributed by atoms with Crippen LogP contribution < -0.4 is 10.6 Å². The summed E-state index contributed by atoms with van der Waals surface area (Å²) in [5.41, 5.74) is 2.36. The molecule has 31 heavy (non-hydrogen) atoms. The number of hydrogen-bond acceptors (Lipinski definition) is 4. The van der Waals surface area contributed by atoms with Gasteiger partial charge in [-0.3, -0.25) is 0 Å². The molecule has 1 heterocycles. The van der Waals surface area contributed by atoms with Gasteiger partial charge in [-0.1, -0.05) is 18.2 Å². The van der Waals surface area contributed by atoms with Gasteiger partial charge in [0.05, 0.1) is 16.3 Å². The molecule has 0 atom stereocenters. The summed E-state index contributed by atoms with van der Waals surface area (Å²) in [6.45, 7) is 4.04. The number of anilines is 1. The maximum Gasteiger partial charge on any atom is 0.319 e. The van der Waals surface area contributed by atoms with Crippen molar-refractivity contribution in [2.45, 2.75) is 31.2 Å². The molecule has 0 spiro atoms. The Labute approximate surface area is 182 Å². The summed E-state index contributed by atoms with van der Waals surface area (Å²) in [5, 5.41) is 9.99. The van der Waals surface area contributed by atoms with E-state index in [0.717, 1.165) is 11.4 Å². The Morgan fingerprint density at radius 3 is 2.39 bits per heavy atom. The Kier molecular flexibility index (Phi) is 7.09. The van der Waals surface area contributed by atoms with Gasteiger partial charge in [-0.15, -0.1) is 0 Å². The first-order chi connectivity index (χ1) is 14.8. The number of nitrogens with zero attached hydrogens (tertiary/aromatic N) is 3. The van der Waals surface area contributed by atoms with Crippen LogP contribution in [0.1, 0.15) is 19.5 Å². The normalized spacial score (nSPS) is 11.6. The molecule has 164 valence electrons. The molecule has 8 nitrogen and oxygen atoms in total. The molecule has 2 aromatic carbocycles. The highest BCUT2D eigenvalue weighted by atomic mass is 32.2. The minimum Gasteiger partial charge on any atom is -0.337 e. The maximum atomic E-state index is 12.5. The van der Waals surface area contributed by atoms with Gasteiger partial charge in [0.1, 0.15) is 0 Å². The lowest BCUT2D eigenvalue weighted by molar-refractivity contribution is 0.252. The van der Waals surface area contributed by atoms with Gasteiger partial charge in [0.2, 0.25) is 10.0 Å². The minimum absolute atomic E-state index is 0.146. The van der Waals surface area contributed by atoms with Gasteiger partial charge in [0.15, 0.2) is 0 Å². The summed E-state index contributed by atoms with van der Waals surface area (Å²) < 4.78 is 28.1. The number of benzene rings is 2. The molecule has 3 rings (SSSR count). The highest BCUT2D eigenvalue weighted by Crippen LogP contribution is 2.19. The number of amides is 2. The van der Waals surface area contributed by atoms with Crippen molar-refractivity contribution in [1.82, 2.24) is 19.4 Å². The number of aromatic nitrogens is 2. The van der Waals surface area contributed by atoms with E-state index < -0.39 is 10.0 Å². The molecular formula is C22H27N5O3S. The van der Waals surface area contributed by atoms with Gasteiger partial charge >= 0.3 is 6.03 Å². The summed E-state index contributed by atoms with van der Waals surface area (Å²) in [7, 11) is -2.01. The van der Waals surface area contributed by atoms with E-state index in [2.05, 4.69) is 15.7 Å². The zero-order chi connectivity index (χ0) is 22.4. The van der Waals surface area contributed by atoms with Gasteiger partial charge in [-0.25, -0.2) is 17.9 Å². The van der Waals surface area contributed by atoms with Crippen LogP contribution in [-0.2, 0) is 16.4 Å². The second-order valence-electron chi connectivity index (χ2n) is 7.36. The molecule has 0 saturated heterocycles. The fraction of sp³-hybridized carbons (Fsp3) is 0.273. The number of urea groups is 1. The molecule has 0 bridgehead atoms. The lowest BCUT2D eigenvalue weighted by Crippen LogP contribution is -2.33. The van der Waals surface area contributed by atoms with Crippen molar-refractivity contribution in [3.63, 3.8) is 0 Å². The standard InChI is InChI=1S/C22H27N5O3S/c1-17(2)26(3)31(29,30)21-11-9-18(10-12-21)24-22(28)23-15-13-19-14-16-27(25-19)20-7-5-4-6-8-20/h4-12,14,16-17H,13,15H2,1-3H3,(H2,23,24,28). The van der Waals surface area contributed by atoms with Gasteiger partial charge in [0, 0.05) is 37.9 Å². The second kappa shape index (κ2) is 9.76. The summed E-state index contributed by atoms with van der Waals surface area (Å²) in [4.78, 5) is 12.3. The number of para-hydroxylation sites is 1. The van der Waals surface area contributed by atoms with Crippen LogP contribution in [0.25, 0.3) is 5.69 Å². The average molecular weight is 442 g/mol. The molecule has 2 N–H and O–H groups in total. The third kappa shape index (κ3) is 5.71. The van der Waals surface area contributed by atoms with Gasteiger partial charge in [-0.05, 0) is 56.3 Å². The predicted molar refractivity (Wildman–Crippen MR) is 121 cm³/mol. The van der Waals surface area contributed by atoms with E-state index in [9.17, 15) is 13.2 Å². The van der Waals surface area contributed by atoms with Crippen LogP contribution >= 0.6 is 0 Å². The van der Waals surface area contributed by atoms with E-state index >= 15 is 0 Å². The second-order valence-corrected chi connectivity index (χ2v) is 9.35. The molecule has 0 radical (unpaired) electrons. The smallest absolute Gasteiger partial charge is 0.319 e. The van der Waals surface area contributed by atoms with Crippen LogP contribution in [0, 0.1) is 0 Å². The molecule has 0 saturated carbocycles. The Morgan fingerprint density at radius 1 is 1.06 bits per heavy atom. The monoisotopic (exact) mass is 441 g/mol. The summed E-state index contributed by atoms with van der Waals surface area (Å²) in [6.07, 6.45) is 2.48. The predicted octanol–water partition coefficient (Wildman–Crippen LogP) is 3.27. The summed E-state index contributed by atoms with van der Waals surface area (Å²) >= 11 is 0. The van der Waals surface area contributed by atoms with Crippen molar-refractivity contribution >= 4 is 21.7 Å². The van der Waals surface area contributed by atoms with Gasteiger partial charge in [-0.2, -0.15) is 9.40 Å².